The first kappa shape index (κ1) is 21.9. The zero-order valence-electron chi connectivity index (χ0n) is 13.7. The Morgan fingerprint density at radius 1 is 1.27 bits per heavy atom. The molecule has 22 heavy (non-hydrogen) atoms. The number of ether oxygens (including phenoxy) is 1. The SMILES string of the molecule is CC1CCCC(C)N1CCNC(=O)CC1COCCN1.Cl.Cl. The number of nitrogens with zero attached hydrogens (tertiary/aromatic N) is 1. The van der Waals surface area contributed by atoms with Crippen LogP contribution >= 0.6 is 24.8 Å². The lowest BCUT2D eigenvalue weighted by Crippen LogP contribution is -2.48. The fraction of sp³-hybridized carbons (Fsp3) is 0.933. The van der Waals surface area contributed by atoms with E-state index in [1.807, 2.05) is 0 Å². The highest BCUT2D eigenvalue weighted by Crippen LogP contribution is 2.21. The van der Waals surface area contributed by atoms with Crippen LogP contribution in [0.2, 0.25) is 0 Å². The van der Waals surface area contributed by atoms with Gasteiger partial charge in [-0.3, -0.25) is 9.69 Å². The Morgan fingerprint density at radius 2 is 1.95 bits per heavy atom. The van der Waals surface area contributed by atoms with Crippen molar-refractivity contribution in [3.05, 3.63) is 0 Å². The molecule has 2 saturated heterocycles. The van der Waals surface area contributed by atoms with Crippen molar-refractivity contribution in [3.63, 3.8) is 0 Å². The van der Waals surface area contributed by atoms with Gasteiger partial charge in [-0.05, 0) is 26.7 Å². The number of likely N-dealkylation sites (tertiary alicyclic amines) is 1. The van der Waals surface area contributed by atoms with Crippen LogP contribution in [0.25, 0.3) is 0 Å². The third kappa shape index (κ3) is 7.01. The standard InChI is InChI=1S/C15H29N3O2.2ClH/c1-12-4-3-5-13(2)18(12)8-6-17-15(19)10-14-11-20-9-7-16-14;;/h12-14,16H,3-11H2,1-2H3,(H,17,19);2*1H. The van der Waals surface area contributed by atoms with Gasteiger partial charge in [-0.15, -0.1) is 24.8 Å². The summed E-state index contributed by atoms with van der Waals surface area (Å²) in [6.07, 6.45) is 4.41. The van der Waals surface area contributed by atoms with E-state index in [1.54, 1.807) is 0 Å². The van der Waals surface area contributed by atoms with E-state index >= 15 is 0 Å². The van der Waals surface area contributed by atoms with E-state index in [0.717, 1.165) is 26.2 Å². The topological polar surface area (TPSA) is 53.6 Å². The average Bonchev–Trinajstić information content (AvgIpc) is 2.43. The second kappa shape index (κ2) is 11.5. The largest absolute Gasteiger partial charge is 0.378 e. The number of halogens is 2. The Bertz CT molecular complexity index is 305. The van der Waals surface area contributed by atoms with Crippen molar-refractivity contribution in [1.82, 2.24) is 15.5 Å². The third-order valence-electron chi connectivity index (χ3n) is 4.50. The first-order chi connectivity index (χ1) is 9.66. The van der Waals surface area contributed by atoms with E-state index < -0.39 is 0 Å². The van der Waals surface area contributed by atoms with Gasteiger partial charge in [-0.2, -0.15) is 0 Å². The minimum absolute atomic E-state index is 0. The lowest BCUT2D eigenvalue weighted by molar-refractivity contribution is -0.122. The maximum Gasteiger partial charge on any atom is 0.221 e. The molecule has 0 radical (unpaired) electrons. The fourth-order valence-electron chi connectivity index (χ4n) is 3.29. The Morgan fingerprint density at radius 3 is 2.55 bits per heavy atom. The van der Waals surface area contributed by atoms with Crippen LogP contribution in [0.15, 0.2) is 0 Å². The van der Waals surface area contributed by atoms with Crippen LogP contribution in [0.3, 0.4) is 0 Å². The van der Waals surface area contributed by atoms with Crippen molar-refractivity contribution in [2.24, 2.45) is 0 Å². The summed E-state index contributed by atoms with van der Waals surface area (Å²) >= 11 is 0. The summed E-state index contributed by atoms with van der Waals surface area (Å²) in [5, 5.41) is 6.35. The van der Waals surface area contributed by atoms with Crippen molar-refractivity contribution < 1.29 is 9.53 Å². The molecule has 0 spiro atoms. The molecule has 2 heterocycles. The zero-order chi connectivity index (χ0) is 14.4. The molecule has 2 N–H and O–H groups in total. The van der Waals surface area contributed by atoms with Crippen molar-refractivity contribution in [1.29, 1.82) is 0 Å². The molecule has 7 heteroatoms. The molecular formula is C15H31Cl2N3O2. The number of piperidine rings is 1. The van der Waals surface area contributed by atoms with Gasteiger partial charge in [0.25, 0.3) is 0 Å². The number of hydrogen-bond donors (Lipinski definition) is 2. The second-order valence-corrected chi connectivity index (χ2v) is 6.15. The van der Waals surface area contributed by atoms with E-state index in [-0.39, 0.29) is 36.8 Å². The first-order valence-corrected chi connectivity index (χ1v) is 8.00. The van der Waals surface area contributed by atoms with Gasteiger partial charge in [0.15, 0.2) is 0 Å². The van der Waals surface area contributed by atoms with Crippen LogP contribution in [0.5, 0.6) is 0 Å². The Balaban J connectivity index is 0.00000220. The summed E-state index contributed by atoms with van der Waals surface area (Å²) in [5.74, 6) is 0.130. The van der Waals surface area contributed by atoms with Crippen LogP contribution in [0, 0.1) is 0 Å². The molecule has 0 aromatic rings. The number of rotatable bonds is 5. The predicted octanol–water partition coefficient (Wildman–Crippen LogP) is 1.59. The van der Waals surface area contributed by atoms with E-state index in [0.29, 0.717) is 25.1 Å². The van der Waals surface area contributed by atoms with Crippen LogP contribution in [0.4, 0.5) is 0 Å². The summed E-state index contributed by atoms with van der Waals surface area (Å²) in [6, 6.07) is 1.46. The van der Waals surface area contributed by atoms with Gasteiger partial charge in [-0.1, -0.05) is 6.42 Å². The molecule has 132 valence electrons. The molecule has 2 fully saturated rings. The van der Waals surface area contributed by atoms with E-state index in [9.17, 15) is 4.79 Å². The summed E-state index contributed by atoms with van der Waals surface area (Å²) < 4.78 is 5.36. The number of carbonyl (C=O) groups excluding carboxylic acids is 1. The predicted molar refractivity (Wildman–Crippen MR) is 94.2 cm³/mol. The maximum absolute atomic E-state index is 11.9. The van der Waals surface area contributed by atoms with E-state index in [4.69, 9.17) is 4.74 Å². The smallest absolute Gasteiger partial charge is 0.221 e. The van der Waals surface area contributed by atoms with Crippen molar-refractivity contribution in [2.75, 3.05) is 32.8 Å². The highest BCUT2D eigenvalue weighted by molar-refractivity contribution is 5.85. The third-order valence-corrected chi connectivity index (χ3v) is 4.50. The highest BCUT2D eigenvalue weighted by atomic mass is 35.5. The fourth-order valence-corrected chi connectivity index (χ4v) is 3.29. The van der Waals surface area contributed by atoms with Gasteiger partial charge in [-0.25, -0.2) is 0 Å². The van der Waals surface area contributed by atoms with E-state index in [1.165, 1.54) is 19.3 Å². The monoisotopic (exact) mass is 355 g/mol. The number of amides is 1. The van der Waals surface area contributed by atoms with Gasteiger partial charge in [0.1, 0.15) is 0 Å². The lowest BCUT2D eigenvalue weighted by atomic mass is 9.98. The van der Waals surface area contributed by atoms with Crippen molar-refractivity contribution >= 4 is 30.7 Å². The molecule has 2 aliphatic rings. The zero-order valence-corrected chi connectivity index (χ0v) is 15.3. The lowest BCUT2D eigenvalue weighted by Gasteiger charge is -2.39. The molecule has 0 saturated carbocycles. The second-order valence-electron chi connectivity index (χ2n) is 6.15. The van der Waals surface area contributed by atoms with Gasteiger partial charge >= 0.3 is 0 Å². The Labute approximate surface area is 146 Å². The maximum atomic E-state index is 11.9. The highest BCUT2D eigenvalue weighted by Gasteiger charge is 2.24. The quantitative estimate of drug-likeness (QED) is 0.786. The van der Waals surface area contributed by atoms with Gasteiger partial charge in [0, 0.05) is 44.2 Å². The van der Waals surface area contributed by atoms with Crippen LogP contribution < -0.4 is 10.6 Å². The summed E-state index contributed by atoms with van der Waals surface area (Å²) in [7, 11) is 0. The summed E-state index contributed by atoms with van der Waals surface area (Å²) in [4.78, 5) is 14.4. The number of nitrogens with one attached hydrogen (secondary N) is 2. The molecule has 3 unspecified atom stereocenters. The van der Waals surface area contributed by atoms with Crippen LogP contribution in [-0.2, 0) is 9.53 Å². The normalized spacial score (nSPS) is 29.1. The Kier molecular flexibility index (Phi) is 11.4. The molecule has 3 atom stereocenters. The molecule has 0 aromatic carbocycles. The van der Waals surface area contributed by atoms with Gasteiger partial charge < -0.3 is 15.4 Å². The van der Waals surface area contributed by atoms with Crippen molar-refractivity contribution in [2.45, 2.75) is 57.7 Å². The number of morpholine rings is 1. The minimum Gasteiger partial charge on any atom is -0.378 e. The number of carbonyl (C=O) groups is 1. The van der Waals surface area contributed by atoms with Gasteiger partial charge in [0.05, 0.1) is 13.2 Å². The molecule has 0 bridgehead atoms. The van der Waals surface area contributed by atoms with Crippen molar-refractivity contribution in [3.8, 4) is 0 Å². The summed E-state index contributed by atoms with van der Waals surface area (Å²) in [6.45, 7) is 8.54. The summed E-state index contributed by atoms with van der Waals surface area (Å²) in [5.41, 5.74) is 0. The molecule has 1 amide bonds. The molecule has 0 aromatic heterocycles. The Hall–Kier alpha value is -0.0700. The number of hydrogen-bond acceptors (Lipinski definition) is 4. The molecule has 2 aliphatic heterocycles. The molecule has 0 aliphatic carbocycles. The molecule has 2 rings (SSSR count). The van der Waals surface area contributed by atoms with E-state index in [2.05, 4.69) is 29.4 Å². The first-order valence-electron chi connectivity index (χ1n) is 8.00. The molecular weight excluding hydrogens is 325 g/mol. The van der Waals surface area contributed by atoms with Crippen LogP contribution in [-0.4, -0.2) is 61.8 Å². The minimum atomic E-state index is 0. The van der Waals surface area contributed by atoms with Crippen LogP contribution in [0.1, 0.15) is 39.5 Å². The van der Waals surface area contributed by atoms with Gasteiger partial charge in [0.2, 0.25) is 5.91 Å². The molecule has 5 nitrogen and oxygen atoms in total. The average molecular weight is 356 g/mol.